The van der Waals surface area contributed by atoms with Crippen LogP contribution in [0.1, 0.15) is 29.0 Å². The monoisotopic (exact) mass is 389 g/mol. The Balaban J connectivity index is 1.88. The minimum absolute atomic E-state index is 0.0977. The van der Waals surface area contributed by atoms with Crippen molar-refractivity contribution in [2.24, 2.45) is 5.41 Å². The van der Waals surface area contributed by atoms with Gasteiger partial charge in [0.2, 0.25) is 5.43 Å². The van der Waals surface area contributed by atoms with Crippen molar-refractivity contribution in [3.8, 4) is 5.69 Å². The van der Waals surface area contributed by atoms with Gasteiger partial charge in [0.1, 0.15) is 11.5 Å². The van der Waals surface area contributed by atoms with E-state index in [1.807, 2.05) is 0 Å². The van der Waals surface area contributed by atoms with Crippen LogP contribution in [0.4, 0.5) is 4.39 Å². The smallest absolute Gasteiger partial charge is 0.311 e. The van der Waals surface area contributed by atoms with Gasteiger partial charge in [-0.3, -0.25) is 14.4 Å². The highest BCUT2D eigenvalue weighted by atomic mass is 19.1. The number of halogens is 1. The third kappa shape index (κ3) is 3.79. The summed E-state index contributed by atoms with van der Waals surface area (Å²) in [4.78, 5) is 36.5. The molecule has 0 aliphatic carbocycles. The van der Waals surface area contributed by atoms with Crippen LogP contribution in [0, 0.1) is 18.2 Å². The molecule has 1 aromatic heterocycles. The summed E-state index contributed by atoms with van der Waals surface area (Å²) < 4.78 is 20.5. The molecule has 0 atom stereocenters. The second kappa shape index (κ2) is 7.89. The fraction of sp³-hybridized carbons (Fsp3) is 0.368. The molecule has 0 spiro atoms. The van der Waals surface area contributed by atoms with E-state index in [0.29, 0.717) is 5.69 Å². The molecular formula is C19H20FN3O5. The maximum atomic E-state index is 14.1. The largest absolute Gasteiger partial charge is 0.481 e. The van der Waals surface area contributed by atoms with Crippen LogP contribution in [0.3, 0.4) is 0 Å². The summed E-state index contributed by atoms with van der Waals surface area (Å²) in [5.41, 5.74) is -1.75. The predicted octanol–water partition coefficient (Wildman–Crippen LogP) is 1.29. The van der Waals surface area contributed by atoms with Crippen LogP contribution in [0.5, 0.6) is 0 Å². The molecule has 0 bridgehead atoms. The summed E-state index contributed by atoms with van der Waals surface area (Å²) in [7, 11) is 0. The van der Waals surface area contributed by atoms with Gasteiger partial charge in [0.15, 0.2) is 5.69 Å². The number of hydrogen-bond acceptors (Lipinski definition) is 5. The number of carboxylic acid groups (broad SMARTS) is 1. The molecule has 0 saturated carbocycles. The minimum Gasteiger partial charge on any atom is -0.481 e. The van der Waals surface area contributed by atoms with Gasteiger partial charge in [-0.2, -0.15) is 5.10 Å². The van der Waals surface area contributed by atoms with Gasteiger partial charge < -0.3 is 15.2 Å². The number of nitrogens with zero attached hydrogens (tertiary/aromatic N) is 2. The number of ether oxygens (including phenoxy) is 1. The zero-order valence-electron chi connectivity index (χ0n) is 15.3. The zero-order chi connectivity index (χ0) is 20.3. The van der Waals surface area contributed by atoms with E-state index < -0.39 is 34.2 Å². The molecule has 2 N–H and O–H groups in total. The van der Waals surface area contributed by atoms with Crippen LogP contribution in [-0.2, 0) is 9.53 Å². The molecule has 1 aromatic carbocycles. The van der Waals surface area contributed by atoms with Crippen molar-refractivity contribution in [1.29, 1.82) is 0 Å². The average molecular weight is 389 g/mol. The van der Waals surface area contributed by atoms with Gasteiger partial charge in [-0.05, 0) is 31.9 Å². The molecular weight excluding hydrogens is 369 g/mol. The van der Waals surface area contributed by atoms with E-state index in [1.165, 1.54) is 28.9 Å². The number of amides is 1. The highest BCUT2D eigenvalue weighted by Crippen LogP contribution is 2.30. The van der Waals surface area contributed by atoms with Crippen LogP contribution in [0.15, 0.2) is 35.1 Å². The Morgan fingerprint density at radius 2 is 2.00 bits per heavy atom. The summed E-state index contributed by atoms with van der Waals surface area (Å²) in [6.45, 7) is 1.99. The molecule has 28 heavy (non-hydrogen) atoms. The van der Waals surface area contributed by atoms with Crippen LogP contribution in [0.25, 0.3) is 5.69 Å². The molecule has 1 saturated heterocycles. The highest BCUT2D eigenvalue weighted by Gasteiger charge is 2.40. The van der Waals surface area contributed by atoms with Crippen LogP contribution in [-0.4, -0.2) is 46.5 Å². The first kappa shape index (κ1) is 19.7. The van der Waals surface area contributed by atoms with Crippen molar-refractivity contribution in [2.75, 3.05) is 19.8 Å². The number of rotatable bonds is 5. The Hall–Kier alpha value is -3.07. The number of para-hydroxylation sites is 1. The number of aliphatic carboxylic acids is 1. The van der Waals surface area contributed by atoms with Crippen LogP contribution in [0.2, 0.25) is 0 Å². The van der Waals surface area contributed by atoms with Crippen molar-refractivity contribution in [3.63, 3.8) is 0 Å². The number of nitrogens with one attached hydrogen (secondary N) is 1. The van der Waals surface area contributed by atoms with Gasteiger partial charge in [-0.15, -0.1) is 0 Å². The Bertz CT molecular complexity index is 966. The van der Waals surface area contributed by atoms with Crippen molar-refractivity contribution in [3.05, 3.63) is 57.8 Å². The maximum Gasteiger partial charge on any atom is 0.311 e. The molecule has 8 nitrogen and oxygen atoms in total. The van der Waals surface area contributed by atoms with Crippen molar-refractivity contribution >= 4 is 11.9 Å². The Morgan fingerprint density at radius 3 is 2.64 bits per heavy atom. The maximum absolute atomic E-state index is 14.1. The summed E-state index contributed by atoms with van der Waals surface area (Å²) in [6, 6.07) is 7.04. The van der Waals surface area contributed by atoms with E-state index in [0.717, 1.165) is 0 Å². The first-order valence-corrected chi connectivity index (χ1v) is 8.79. The van der Waals surface area contributed by atoms with Crippen LogP contribution < -0.4 is 10.7 Å². The average Bonchev–Trinajstić information content (AvgIpc) is 2.67. The fourth-order valence-corrected chi connectivity index (χ4v) is 3.13. The summed E-state index contributed by atoms with van der Waals surface area (Å²) >= 11 is 0. The number of hydrogen-bond donors (Lipinski definition) is 2. The number of aryl methyl sites for hydroxylation is 1. The quantitative estimate of drug-likeness (QED) is 0.797. The molecule has 0 unspecified atom stereocenters. The summed E-state index contributed by atoms with van der Waals surface area (Å²) in [5.74, 6) is -2.39. The van der Waals surface area contributed by atoms with Crippen molar-refractivity contribution in [2.45, 2.75) is 19.8 Å². The molecule has 1 amide bonds. The molecule has 148 valence electrons. The number of benzene rings is 1. The normalized spacial score (nSPS) is 15.8. The number of aromatic nitrogens is 2. The second-order valence-corrected chi connectivity index (χ2v) is 6.74. The summed E-state index contributed by atoms with van der Waals surface area (Å²) in [5, 5.41) is 16.1. The molecule has 9 heteroatoms. The number of carboxylic acids is 1. The van der Waals surface area contributed by atoms with E-state index >= 15 is 0 Å². The van der Waals surface area contributed by atoms with Gasteiger partial charge in [-0.1, -0.05) is 12.1 Å². The van der Waals surface area contributed by atoms with Crippen molar-refractivity contribution < 1.29 is 23.8 Å². The lowest BCUT2D eigenvalue weighted by Gasteiger charge is -2.33. The molecule has 3 rings (SSSR count). The van der Waals surface area contributed by atoms with E-state index in [4.69, 9.17) is 4.74 Å². The molecule has 1 aliphatic heterocycles. The standard InChI is InChI=1S/C19H20FN3O5/c1-12-10-15(24)16(22-23(12)14-5-3-2-4-13(14)20)17(25)21-11-19(18(26)27)6-8-28-9-7-19/h2-5,10H,6-9,11H2,1H3,(H,21,25)(H,26,27). The zero-order valence-corrected chi connectivity index (χ0v) is 15.3. The number of carbonyl (C=O) groups is 2. The van der Waals surface area contributed by atoms with Gasteiger partial charge in [0.05, 0.1) is 5.41 Å². The number of carbonyl (C=O) groups excluding carboxylic acids is 1. The molecule has 1 fully saturated rings. The first-order chi connectivity index (χ1) is 13.3. The molecule has 2 aromatic rings. The Morgan fingerprint density at radius 1 is 1.32 bits per heavy atom. The van der Waals surface area contributed by atoms with E-state index in [-0.39, 0.29) is 38.3 Å². The van der Waals surface area contributed by atoms with Gasteiger partial charge in [-0.25, -0.2) is 9.07 Å². The molecule has 0 radical (unpaired) electrons. The predicted molar refractivity (Wildman–Crippen MR) is 97.0 cm³/mol. The minimum atomic E-state index is -1.15. The Kier molecular flexibility index (Phi) is 5.55. The van der Waals surface area contributed by atoms with E-state index in [2.05, 4.69) is 10.4 Å². The van der Waals surface area contributed by atoms with Crippen molar-refractivity contribution in [1.82, 2.24) is 15.1 Å². The third-order valence-corrected chi connectivity index (χ3v) is 4.89. The van der Waals surface area contributed by atoms with Gasteiger partial charge in [0, 0.05) is 31.5 Å². The topological polar surface area (TPSA) is 111 Å². The van der Waals surface area contributed by atoms with Crippen LogP contribution >= 0.6 is 0 Å². The van der Waals surface area contributed by atoms with Gasteiger partial charge in [0.25, 0.3) is 5.91 Å². The fourth-order valence-electron chi connectivity index (χ4n) is 3.13. The Labute approximate surface area is 159 Å². The second-order valence-electron chi connectivity index (χ2n) is 6.74. The summed E-state index contributed by atoms with van der Waals surface area (Å²) in [6.07, 6.45) is 0.507. The lowest BCUT2D eigenvalue weighted by molar-refractivity contribution is -0.154. The van der Waals surface area contributed by atoms with E-state index in [1.54, 1.807) is 13.0 Å². The SMILES string of the molecule is Cc1cc(=O)c(C(=O)NCC2(C(=O)O)CCOCC2)nn1-c1ccccc1F. The lowest BCUT2D eigenvalue weighted by atomic mass is 9.80. The first-order valence-electron chi connectivity index (χ1n) is 8.79. The molecule has 2 heterocycles. The highest BCUT2D eigenvalue weighted by molar-refractivity contribution is 5.92. The van der Waals surface area contributed by atoms with E-state index in [9.17, 15) is 23.9 Å². The van der Waals surface area contributed by atoms with Gasteiger partial charge >= 0.3 is 5.97 Å². The molecule has 1 aliphatic rings. The third-order valence-electron chi connectivity index (χ3n) is 4.89. The lowest BCUT2D eigenvalue weighted by Crippen LogP contribution is -2.47.